The molecule has 1 aromatic heterocycles. The molecule has 0 saturated carbocycles. The third-order valence-electron chi connectivity index (χ3n) is 9.61. The minimum Gasteiger partial charge on any atom is -0.397 e. The molecule has 53 heavy (non-hydrogen) atoms. The molecule has 0 fully saturated rings. The lowest BCUT2D eigenvalue weighted by Crippen LogP contribution is -2.24. The van der Waals surface area contributed by atoms with Crippen LogP contribution in [0.5, 0.6) is 0 Å². The molecule has 0 bridgehead atoms. The number of carbonyl (C=O) groups is 1. The monoisotopic (exact) mass is 692 g/mol. The number of benzene rings is 7. The lowest BCUT2D eigenvalue weighted by atomic mass is 10.0. The number of anilines is 6. The highest BCUT2D eigenvalue weighted by molar-refractivity contribution is 5.99. The molecule has 7 aromatic carbocycles. The third-order valence-corrected chi connectivity index (χ3v) is 9.61. The van der Waals surface area contributed by atoms with E-state index in [9.17, 15) is 9.59 Å². The zero-order valence-corrected chi connectivity index (χ0v) is 29.0. The Labute approximate surface area is 307 Å². The average molecular weight is 693 g/mol. The molecule has 4 N–H and O–H groups in total. The van der Waals surface area contributed by atoms with E-state index in [2.05, 4.69) is 0 Å². The normalized spacial score (nSPS) is 11.0. The van der Waals surface area contributed by atoms with Crippen LogP contribution in [0, 0.1) is 0 Å². The number of nitrogen functional groups attached to an aromatic ring is 2. The molecule has 8 rings (SSSR count). The van der Waals surface area contributed by atoms with Gasteiger partial charge in [0.05, 0.1) is 56.5 Å². The van der Waals surface area contributed by atoms with E-state index in [-0.39, 0.29) is 5.69 Å². The summed E-state index contributed by atoms with van der Waals surface area (Å²) in [5, 5.41) is 0. The SMILES string of the molecule is CN(c1cc(-n2c(=O)n(-c3ccccc3-c3ccccc3)c3ccccc32)c(N)cc1N)c1ccccc1N(C=O)c1ccccc1-c1ccccc1. The van der Waals surface area contributed by atoms with E-state index in [0.717, 1.165) is 51.2 Å². The van der Waals surface area contributed by atoms with Gasteiger partial charge in [0.1, 0.15) is 0 Å². The Morgan fingerprint density at radius 2 is 0.981 bits per heavy atom. The highest BCUT2D eigenvalue weighted by atomic mass is 16.2. The van der Waals surface area contributed by atoms with E-state index in [1.165, 1.54) is 0 Å². The maximum absolute atomic E-state index is 14.7. The second-order valence-electron chi connectivity index (χ2n) is 12.7. The largest absolute Gasteiger partial charge is 0.397 e. The smallest absolute Gasteiger partial charge is 0.338 e. The second kappa shape index (κ2) is 13.8. The molecule has 0 unspecified atom stereocenters. The van der Waals surface area contributed by atoms with Gasteiger partial charge in [0.25, 0.3) is 0 Å². The number of amides is 1. The van der Waals surface area contributed by atoms with Crippen molar-refractivity contribution in [2.75, 3.05) is 28.3 Å². The number of nitrogens with two attached hydrogens (primary N) is 2. The fourth-order valence-electron chi connectivity index (χ4n) is 7.11. The molecule has 0 radical (unpaired) electrons. The quantitative estimate of drug-likeness (QED) is 0.116. The van der Waals surface area contributed by atoms with Gasteiger partial charge in [0.2, 0.25) is 6.41 Å². The molecule has 0 aliphatic rings. The van der Waals surface area contributed by atoms with Crippen molar-refractivity contribution in [1.29, 1.82) is 0 Å². The van der Waals surface area contributed by atoms with Crippen molar-refractivity contribution in [3.05, 3.63) is 180 Å². The number of nitrogens with zero attached hydrogens (tertiary/aromatic N) is 4. The summed E-state index contributed by atoms with van der Waals surface area (Å²) in [6, 6.07) is 54.5. The first-order valence-corrected chi connectivity index (χ1v) is 17.2. The van der Waals surface area contributed by atoms with E-state index < -0.39 is 0 Å². The van der Waals surface area contributed by atoms with Crippen LogP contribution in [0.1, 0.15) is 0 Å². The fraction of sp³-hybridized carbons (Fsp3) is 0.0222. The minimum absolute atomic E-state index is 0.273. The third kappa shape index (κ3) is 5.78. The van der Waals surface area contributed by atoms with Crippen LogP contribution in [0.15, 0.2) is 175 Å². The lowest BCUT2D eigenvalue weighted by molar-refractivity contribution is -0.106. The highest BCUT2D eigenvalue weighted by Crippen LogP contribution is 2.42. The van der Waals surface area contributed by atoms with Crippen molar-refractivity contribution in [3.8, 4) is 33.6 Å². The number of carbonyl (C=O) groups excluding carboxylic acids is 1. The first-order valence-electron chi connectivity index (χ1n) is 17.2. The van der Waals surface area contributed by atoms with Crippen LogP contribution in [0.2, 0.25) is 0 Å². The van der Waals surface area contributed by atoms with Gasteiger partial charge in [-0.3, -0.25) is 18.8 Å². The van der Waals surface area contributed by atoms with E-state index in [4.69, 9.17) is 11.5 Å². The molecule has 0 spiro atoms. The predicted molar refractivity (Wildman–Crippen MR) is 218 cm³/mol. The van der Waals surface area contributed by atoms with Crippen LogP contribution in [-0.2, 0) is 4.79 Å². The second-order valence-corrected chi connectivity index (χ2v) is 12.7. The molecule has 0 atom stereocenters. The minimum atomic E-state index is -0.273. The molecule has 1 heterocycles. The Hall–Kier alpha value is -7.32. The number of para-hydroxylation sites is 6. The summed E-state index contributed by atoms with van der Waals surface area (Å²) in [6.45, 7) is 0. The maximum atomic E-state index is 14.7. The summed E-state index contributed by atoms with van der Waals surface area (Å²) in [7, 11) is 1.89. The molecule has 1 amide bonds. The van der Waals surface area contributed by atoms with Crippen molar-refractivity contribution in [3.63, 3.8) is 0 Å². The Bertz CT molecular complexity index is 2670. The number of rotatable bonds is 9. The summed E-state index contributed by atoms with van der Waals surface area (Å²) in [6.07, 6.45) is 0.827. The molecule has 0 aliphatic heterocycles. The summed E-state index contributed by atoms with van der Waals surface area (Å²) < 4.78 is 3.38. The van der Waals surface area contributed by atoms with Crippen molar-refractivity contribution >= 4 is 51.6 Å². The molecule has 8 heteroatoms. The van der Waals surface area contributed by atoms with Gasteiger partial charge in [-0.25, -0.2) is 4.79 Å². The van der Waals surface area contributed by atoms with E-state index >= 15 is 0 Å². The van der Waals surface area contributed by atoms with Gasteiger partial charge in [0, 0.05) is 18.2 Å². The van der Waals surface area contributed by atoms with E-state index in [1.54, 1.807) is 20.1 Å². The summed E-state index contributed by atoms with van der Waals surface area (Å²) in [5.41, 5.74) is 23.1. The van der Waals surface area contributed by atoms with Crippen LogP contribution in [0.3, 0.4) is 0 Å². The molecule has 8 nitrogen and oxygen atoms in total. The topological polar surface area (TPSA) is 103 Å². The van der Waals surface area contributed by atoms with Gasteiger partial charge in [-0.05, 0) is 59.7 Å². The molecular weight excluding hydrogens is 657 g/mol. The van der Waals surface area contributed by atoms with E-state index in [0.29, 0.717) is 34.0 Å². The summed E-state index contributed by atoms with van der Waals surface area (Å²) in [4.78, 5) is 31.3. The maximum Gasteiger partial charge on any atom is 0.338 e. The van der Waals surface area contributed by atoms with Gasteiger partial charge >= 0.3 is 5.69 Å². The van der Waals surface area contributed by atoms with E-state index in [1.807, 2.05) is 176 Å². The Balaban J connectivity index is 1.27. The van der Waals surface area contributed by atoms with Gasteiger partial charge in [-0.2, -0.15) is 0 Å². The number of hydrogen-bond donors (Lipinski definition) is 2. The molecule has 0 aliphatic carbocycles. The van der Waals surface area contributed by atoms with Crippen molar-refractivity contribution in [1.82, 2.24) is 9.13 Å². The summed E-state index contributed by atoms with van der Waals surface area (Å²) >= 11 is 0. The Morgan fingerprint density at radius 3 is 1.62 bits per heavy atom. The first kappa shape index (κ1) is 32.9. The van der Waals surface area contributed by atoms with Gasteiger partial charge in [-0.15, -0.1) is 0 Å². The lowest BCUT2D eigenvalue weighted by Gasteiger charge is -2.29. The van der Waals surface area contributed by atoms with Crippen molar-refractivity contribution in [2.24, 2.45) is 0 Å². The number of imidazole rings is 1. The van der Waals surface area contributed by atoms with Crippen LogP contribution >= 0.6 is 0 Å². The first-order chi connectivity index (χ1) is 26.0. The average Bonchev–Trinajstić information content (AvgIpc) is 3.50. The standard InChI is InChI=1S/C45H36N6O2/c1-48(39-24-12-13-25-40(39)49(30-52)37-22-10-8-20-33(37)31-16-4-2-5-17-31)43-29-44(36(47)28-35(43)46)51-42-27-15-14-26-41(42)50(45(51)53)38-23-11-9-21-34(38)32-18-6-3-7-19-32/h2-30H,46-47H2,1H3. The van der Waals surface area contributed by atoms with Crippen LogP contribution in [-0.4, -0.2) is 22.6 Å². The van der Waals surface area contributed by atoms with Gasteiger partial charge < -0.3 is 16.4 Å². The zero-order chi connectivity index (χ0) is 36.5. The molecule has 8 aromatic rings. The van der Waals surface area contributed by atoms with Gasteiger partial charge in [0.15, 0.2) is 0 Å². The molecular formula is C45H36N6O2. The fourth-order valence-corrected chi connectivity index (χ4v) is 7.11. The number of aromatic nitrogens is 2. The Kier molecular flexibility index (Phi) is 8.54. The highest BCUT2D eigenvalue weighted by Gasteiger charge is 2.24. The number of hydrogen-bond acceptors (Lipinski definition) is 5. The van der Waals surface area contributed by atoms with Crippen LogP contribution in [0.25, 0.3) is 44.7 Å². The van der Waals surface area contributed by atoms with Crippen LogP contribution in [0.4, 0.5) is 34.1 Å². The number of fused-ring (bicyclic) bond motifs is 1. The predicted octanol–water partition coefficient (Wildman–Crippen LogP) is 9.34. The molecule has 0 saturated heterocycles. The Morgan fingerprint density at radius 1 is 0.491 bits per heavy atom. The van der Waals surface area contributed by atoms with Crippen LogP contribution < -0.4 is 27.0 Å². The molecule has 258 valence electrons. The summed E-state index contributed by atoms with van der Waals surface area (Å²) in [5.74, 6) is 0. The van der Waals surface area contributed by atoms with Crippen molar-refractivity contribution < 1.29 is 4.79 Å². The van der Waals surface area contributed by atoms with Crippen molar-refractivity contribution in [2.45, 2.75) is 0 Å². The van der Waals surface area contributed by atoms with Gasteiger partial charge in [-0.1, -0.05) is 121 Å². The zero-order valence-electron chi connectivity index (χ0n) is 29.0.